The molecular weight excluding hydrogens is 320 g/mol. The Labute approximate surface area is 147 Å². The van der Waals surface area contributed by atoms with E-state index in [0.29, 0.717) is 28.7 Å². The van der Waals surface area contributed by atoms with Crippen LogP contribution in [-0.2, 0) is 4.79 Å². The predicted octanol–water partition coefficient (Wildman–Crippen LogP) is 2.94. The maximum atomic E-state index is 12.8. The summed E-state index contributed by atoms with van der Waals surface area (Å²) in [7, 11) is 0. The zero-order chi connectivity index (χ0) is 18.7. The highest BCUT2D eigenvalue weighted by Crippen LogP contribution is 2.22. The summed E-state index contributed by atoms with van der Waals surface area (Å²) in [6.45, 7) is 9.63. The molecule has 0 spiro atoms. The predicted molar refractivity (Wildman–Crippen MR) is 95.6 cm³/mol. The molecule has 0 radical (unpaired) electrons. The van der Waals surface area contributed by atoms with E-state index in [-0.39, 0.29) is 12.0 Å². The van der Waals surface area contributed by atoms with E-state index in [1.807, 2.05) is 32.4 Å². The topological polar surface area (TPSA) is 97.1 Å². The van der Waals surface area contributed by atoms with Gasteiger partial charge in [0.2, 0.25) is 0 Å². The fourth-order valence-electron chi connectivity index (χ4n) is 2.73. The van der Waals surface area contributed by atoms with Gasteiger partial charge >= 0.3 is 5.97 Å². The lowest BCUT2D eigenvalue weighted by Gasteiger charge is -2.20. The molecule has 1 amide bonds. The van der Waals surface area contributed by atoms with Crippen LogP contribution in [0, 0.1) is 12.8 Å². The minimum atomic E-state index is -1.03. The van der Waals surface area contributed by atoms with E-state index in [2.05, 4.69) is 22.3 Å². The first-order valence-corrected chi connectivity index (χ1v) is 8.68. The molecule has 0 aromatic carbocycles. The molecule has 1 unspecified atom stereocenters. The lowest BCUT2D eigenvalue weighted by molar-refractivity contribution is -0.140. The van der Waals surface area contributed by atoms with Crippen molar-refractivity contribution in [3.63, 3.8) is 0 Å². The highest BCUT2D eigenvalue weighted by Gasteiger charge is 2.27. The Kier molecular flexibility index (Phi) is 5.77. The van der Waals surface area contributed by atoms with E-state index in [9.17, 15) is 14.7 Å². The number of amides is 1. The molecule has 2 heterocycles. The zero-order valence-corrected chi connectivity index (χ0v) is 15.4. The molecule has 0 saturated heterocycles. The smallest absolute Gasteiger partial charge is 0.326 e. The molecule has 7 heteroatoms. The van der Waals surface area contributed by atoms with Crippen molar-refractivity contribution in [3.05, 3.63) is 23.5 Å². The molecule has 0 saturated carbocycles. The molecule has 0 bridgehead atoms. The lowest BCUT2D eigenvalue weighted by atomic mass is 9.98. The molecule has 25 heavy (non-hydrogen) atoms. The van der Waals surface area contributed by atoms with Crippen LogP contribution in [0.3, 0.4) is 0 Å². The summed E-state index contributed by atoms with van der Waals surface area (Å²) >= 11 is 0. The first kappa shape index (κ1) is 18.9. The summed E-state index contributed by atoms with van der Waals surface area (Å²) in [4.78, 5) is 28.8. The summed E-state index contributed by atoms with van der Waals surface area (Å²) < 4.78 is 1.81. The van der Waals surface area contributed by atoms with Gasteiger partial charge in [-0.15, -0.1) is 0 Å². The summed E-state index contributed by atoms with van der Waals surface area (Å²) in [5.74, 6) is -1.60. The maximum Gasteiger partial charge on any atom is 0.326 e. The van der Waals surface area contributed by atoms with E-state index >= 15 is 0 Å². The molecule has 2 N–H and O–H groups in total. The van der Waals surface area contributed by atoms with E-state index in [1.54, 1.807) is 12.3 Å². The Hall–Kier alpha value is -2.44. The Morgan fingerprint density at radius 2 is 1.96 bits per heavy atom. The van der Waals surface area contributed by atoms with Gasteiger partial charge in [-0.2, -0.15) is 5.10 Å². The van der Waals surface area contributed by atoms with Gasteiger partial charge in [0.1, 0.15) is 6.04 Å². The van der Waals surface area contributed by atoms with Crippen molar-refractivity contribution in [3.8, 4) is 0 Å². The number of pyridine rings is 1. The number of nitrogens with one attached hydrogen (secondary N) is 1. The number of carbonyl (C=O) groups is 2. The summed E-state index contributed by atoms with van der Waals surface area (Å²) in [6, 6.07) is 0.913. The summed E-state index contributed by atoms with van der Waals surface area (Å²) in [5, 5.41) is 17.1. The molecule has 3 atom stereocenters. The second-order valence-electron chi connectivity index (χ2n) is 6.57. The van der Waals surface area contributed by atoms with Crippen molar-refractivity contribution in [2.45, 2.75) is 59.5 Å². The Morgan fingerprint density at radius 3 is 2.52 bits per heavy atom. The number of rotatable bonds is 7. The highest BCUT2D eigenvalue weighted by atomic mass is 16.4. The number of carbonyl (C=O) groups excluding carboxylic acids is 1. The third-order valence-electron chi connectivity index (χ3n) is 4.71. The number of nitrogens with zero attached hydrogens (tertiary/aromatic N) is 3. The lowest BCUT2D eigenvalue weighted by Crippen LogP contribution is -2.45. The largest absolute Gasteiger partial charge is 0.480 e. The van der Waals surface area contributed by atoms with Crippen LogP contribution in [0.15, 0.2) is 12.3 Å². The van der Waals surface area contributed by atoms with E-state index < -0.39 is 17.9 Å². The van der Waals surface area contributed by atoms with E-state index in [4.69, 9.17) is 0 Å². The molecule has 0 aliphatic rings. The zero-order valence-electron chi connectivity index (χ0n) is 15.4. The minimum Gasteiger partial charge on any atom is -0.480 e. The van der Waals surface area contributed by atoms with Crippen molar-refractivity contribution in [1.82, 2.24) is 20.1 Å². The molecule has 0 fully saturated rings. The normalized spacial score (nSPS) is 14.9. The maximum absolute atomic E-state index is 12.8. The van der Waals surface area contributed by atoms with Crippen molar-refractivity contribution < 1.29 is 14.7 Å². The minimum absolute atomic E-state index is 0.162. The van der Waals surface area contributed by atoms with Crippen LogP contribution >= 0.6 is 0 Å². The average molecular weight is 346 g/mol. The second kappa shape index (κ2) is 7.63. The summed E-state index contributed by atoms with van der Waals surface area (Å²) in [6.07, 6.45) is 3.18. The number of carboxylic acid groups (broad SMARTS) is 1. The van der Waals surface area contributed by atoms with Gasteiger partial charge in [-0.05, 0) is 32.3 Å². The van der Waals surface area contributed by atoms with Crippen LogP contribution in [0.25, 0.3) is 11.0 Å². The molecule has 7 nitrogen and oxygen atoms in total. The van der Waals surface area contributed by atoms with Crippen LogP contribution in [-0.4, -0.2) is 37.8 Å². The van der Waals surface area contributed by atoms with Crippen LogP contribution < -0.4 is 5.32 Å². The van der Waals surface area contributed by atoms with Crippen molar-refractivity contribution >= 4 is 22.9 Å². The molecule has 2 aromatic rings. The number of hydrogen-bond acceptors (Lipinski definition) is 4. The fraction of sp³-hybridized carbons (Fsp3) is 0.556. The first-order valence-electron chi connectivity index (χ1n) is 8.68. The number of aryl methyl sites for hydroxylation is 1. The Balaban J connectivity index is 2.44. The average Bonchev–Trinajstić information content (AvgIpc) is 3.00. The van der Waals surface area contributed by atoms with Crippen LogP contribution in [0.2, 0.25) is 0 Å². The molecular formula is C18H26N4O3. The van der Waals surface area contributed by atoms with Gasteiger partial charge in [-0.25, -0.2) is 14.5 Å². The molecule has 0 aliphatic carbocycles. The second-order valence-corrected chi connectivity index (χ2v) is 6.57. The number of aliphatic carboxylic acids is 1. The number of aromatic nitrogens is 3. The number of fused-ring (bicyclic) bond motifs is 1. The van der Waals surface area contributed by atoms with Gasteiger partial charge < -0.3 is 10.4 Å². The van der Waals surface area contributed by atoms with Crippen LogP contribution in [0.1, 0.15) is 62.6 Å². The monoisotopic (exact) mass is 346 g/mol. The summed E-state index contributed by atoms with van der Waals surface area (Å²) in [5.41, 5.74) is 1.75. The van der Waals surface area contributed by atoms with E-state index in [0.717, 1.165) is 6.42 Å². The van der Waals surface area contributed by atoms with E-state index in [1.165, 1.54) is 0 Å². The van der Waals surface area contributed by atoms with Crippen LogP contribution in [0.5, 0.6) is 0 Å². The number of hydrogen-bond donors (Lipinski definition) is 2. The fourth-order valence-corrected chi connectivity index (χ4v) is 2.73. The van der Waals surface area contributed by atoms with Gasteiger partial charge in [0.15, 0.2) is 5.65 Å². The van der Waals surface area contributed by atoms with Gasteiger partial charge in [-0.3, -0.25) is 4.79 Å². The molecule has 0 aliphatic heterocycles. The standard InChI is InChI=1S/C18H26N4O3/c1-6-10(3)15(18(24)25)21-17(23)13-8-11(4)20-16-14(13)9-19-22(16)12(5)7-2/h8-10,12,15H,6-7H2,1-5H3,(H,21,23)(H,24,25)/t10-,12?,15-/m0/s1. The van der Waals surface area contributed by atoms with Gasteiger partial charge in [0.25, 0.3) is 5.91 Å². The third kappa shape index (κ3) is 3.81. The number of carboxylic acids is 1. The molecule has 2 aromatic heterocycles. The first-order chi connectivity index (χ1) is 11.8. The highest BCUT2D eigenvalue weighted by molar-refractivity contribution is 6.06. The van der Waals surface area contributed by atoms with Crippen molar-refractivity contribution in [2.75, 3.05) is 0 Å². The molecule has 2 rings (SSSR count). The van der Waals surface area contributed by atoms with Gasteiger partial charge in [0.05, 0.1) is 23.2 Å². The Bertz CT molecular complexity index is 784. The van der Waals surface area contributed by atoms with Crippen molar-refractivity contribution in [1.29, 1.82) is 0 Å². The van der Waals surface area contributed by atoms with Crippen molar-refractivity contribution in [2.24, 2.45) is 5.92 Å². The third-order valence-corrected chi connectivity index (χ3v) is 4.71. The molecule has 136 valence electrons. The Morgan fingerprint density at radius 1 is 1.28 bits per heavy atom. The SMILES string of the molecule is CCC(C)n1ncc2c(C(=O)N[C@H](C(=O)O)[C@@H](C)CC)cc(C)nc21. The van der Waals surface area contributed by atoms with Gasteiger partial charge in [-0.1, -0.05) is 27.2 Å². The van der Waals surface area contributed by atoms with Crippen LogP contribution in [0.4, 0.5) is 0 Å². The van der Waals surface area contributed by atoms with Gasteiger partial charge in [0, 0.05) is 5.69 Å². The quantitative estimate of drug-likeness (QED) is 0.803.